The zero-order valence-corrected chi connectivity index (χ0v) is 17.1. The SMILES string of the molecule is COc1cc2c3c(oc2c(C=O)c1OC)CCCC1C(C)(C)CCC[C@@]31C. The van der Waals surface area contributed by atoms with E-state index in [4.69, 9.17) is 13.9 Å². The molecule has 0 radical (unpaired) electrons. The van der Waals surface area contributed by atoms with Crippen LogP contribution in [0.1, 0.15) is 74.6 Å². The zero-order valence-electron chi connectivity index (χ0n) is 17.1. The van der Waals surface area contributed by atoms with Gasteiger partial charge in [-0.3, -0.25) is 4.79 Å². The highest BCUT2D eigenvalue weighted by Crippen LogP contribution is 2.58. The fourth-order valence-electron chi connectivity index (χ4n) is 6.13. The molecule has 27 heavy (non-hydrogen) atoms. The third-order valence-corrected chi connectivity index (χ3v) is 7.25. The van der Waals surface area contributed by atoms with Gasteiger partial charge in [0.1, 0.15) is 16.9 Å². The first kappa shape index (κ1) is 18.4. The third-order valence-electron chi connectivity index (χ3n) is 7.25. The minimum atomic E-state index is 0.0542. The van der Waals surface area contributed by atoms with E-state index in [0.717, 1.165) is 36.7 Å². The average molecular weight is 370 g/mol. The molecule has 0 saturated heterocycles. The molecule has 0 N–H and O–H groups in total. The number of methoxy groups -OCH3 is 2. The molecule has 4 nitrogen and oxygen atoms in total. The lowest BCUT2D eigenvalue weighted by Gasteiger charge is -2.50. The van der Waals surface area contributed by atoms with Crippen molar-refractivity contribution in [2.75, 3.05) is 14.2 Å². The highest BCUT2D eigenvalue weighted by molar-refractivity contribution is 6.01. The minimum absolute atomic E-state index is 0.0542. The van der Waals surface area contributed by atoms with Crippen LogP contribution in [-0.4, -0.2) is 20.5 Å². The summed E-state index contributed by atoms with van der Waals surface area (Å²) in [5.74, 6) is 2.70. The molecule has 1 unspecified atom stereocenters. The Balaban J connectivity index is 2.05. The van der Waals surface area contributed by atoms with Gasteiger partial charge in [-0.2, -0.15) is 0 Å². The number of carbonyl (C=O) groups excluding carboxylic acids is 1. The Kier molecular flexibility index (Phi) is 4.28. The van der Waals surface area contributed by atoms with Crippen LogP contribution in [0.2, 0.25) is 0 Å². The quantitative estimate of drug-likeness (QED) is 0.652. The number of rotatable bonds is 3. The Morgan fingerprint density at radius 2 is 1.93 bits per heavy atom. The predicted octanol–water partition coefficient (Wildman–Crippen LogP) is 5.68. The Morgan fingerprint density at radius 1 is 1.15 bits per heavy atom. The molecule has 1 aromatic carbocycles. The molecule has 2 aliphatic rings. The topological polar surface area (TPSA) is 48.7 Å². The molecule has 2 aliphatic carbocycles. The molecule has 1 aromatic heterocycles. The number of hydrogen-bond acceptors (Lipinski definition) is 4. The molecule has 2 atom stereocenters. The lowest BCUT2D eigenvalue weighted by Crippen LogP contribution is -2.44. The second-order valence-electron chi connectivity index (χ2n) is 9.12. The summed E-state index contributed by atoms with van der Waals surface area (Å²) in [4.78, 5) is 11.9. The number of furan rings is 1. The van der Waals surface area contributed by atoms with E-state index >= 15 is 0 Å². The van der Waals surface area contributed by atoms with Gasteiger partial charge in [0.25, 0.3) is 0 Å². The molecular weight excluding hydrogens is 340 g/mol. The Labute approximate surface area is 161 Å². The van der Waals surface area contributed by atoms with E-state index in [1.165, 1.54) is 24.8 Å². The maximum Gasteiger partial charge on any atom is 0.175 e. The van der Waals surface area contributed by atoms with Crippen LogP contribution in [0, 0.1) is 11.3 Å². The molecule has 0 bridgehead atoms. The normalized spacial score (nSPS) is 26.8. The summed E-state index contributed by atoms with van der Waals surface area (Å²) in [5.41, 5.74) is 2.77. The highest BCUT2D eigenvalue weighted by atomic mass is 16.5. The van der Waals surface area contributed by atoms with Gasteiger partial charge in [0, 0.05) is 17.4 Å². The molecule has 4 rings (SSSR count). The maximum atomic E-state index is 11.9. The summed E-state index contributed by atoms with van der Waals surface area (Å²) in [5, 5.41) is 1.02. The molecular formula is C23H30O4. The van der Waals surface area contributed by atoms with Gasteiger partial charge in [-0.1, -0.05) is 27.2 Å². The molecule has 1 saturated carbocycles. The molecule has 4 heteroatoms. The van der Waals surface area contributed by atoms with Crippen LogP contribution in [-0.2, 0) is 11.8 Å². The van der Waals surface area contributed by atoms with Gasteiger partial charge in [-0.25, -0.2) is 0 Å². The van der Waals surface area contributed by atoms with Gasteiger partial charge in [-0.05, 0) is 48.5 Å². The van der Waals surface area contributed by atoms with E-state index in [2.05, 4.69) is 20.8 Å². The number of benzene rings is 1. The maximum absolute atomic E-state index is 11.9. The lowest BCUT2D eigenvalue weighted by molar-refractivity contribution is 0.0509. The minimum Gasteiger partial charge on any atom is -0.493 e. The van der Waals surface area contributed by atoms with Crippen molar-refractivity contribution in [2.24, 2.45) is 11.3 Å². The summed E-state index contributed by atoms with van der Waals surface area (Å²) >= 11 is 0. The fraction of sp³-hybridized carbons (Fsp3) is 0.609. The summed E-state index contributed by atoms with van der Waals surface area (Å²) in [7, 11) is 3.18. The van der Waals surface area contributed by atoms with Crippen LogP contribution < -0.4 is 9.47 Å². The second-order valence-corrected chi connectivity index (χ2v) is 9.12. The van der Waals surface area contributed by atoms with E-state index < -0.39 is 0 Å². The molecule has 1 fully saturated rings. The standard InChI is InChI=1S/C23H30O4/c1-22(2)10-7-11-23(3)18(22)9-6-8-16-19(23)14-12-17(25-4)21(26-5)15(13-24)20(14)27-16/h12-13,18H,6-11H2,1-5H3/t18?,23-/m1/s1. The van der Waals surface area contributed by atoms with Crippen LogP contribution in [0.15, 0.2) is 10.5 Å². The fourth-order valence-corrected chi connectivity index (χ4v) is 6.13. The van der Waals surface area contributed by atoms with Crippen molar-refractivity contribution in [3.05, 3.63) is 23.0 Å². The van der Waals surface area contributed by atoms with Crippen molar-refractivity contribution in [1.82, 2.24) is 0 Å². The number of hydrogen-bond donors (Lipinski definition) is 0. The molecule has 0 amide bonds. The molecule has 0 aliphatic heterocycles. The first-order valence-electron chi connectivity index (χ1n) is 10.0. The van der Waals surface area contributed by atoms with Crippen molar-refractivity contribution in [1.29, 1.82) is 0 Å². The second kappa shape index (κ2) is 6.29. The monoisotopic (exact) mass is 370 g/mol. The number of aldehydes is 1. The van der Waals surface area contributed by atoms with Crippen LogP contribution in [0.25, 0.3) is 11.0 Å². The molecule has 1 heterocycles. The van der Waals surface area contributed by atoms with Crippen molar-refractivity contribution >= 4 is 17.3 Å². The van der Waals surface area contributed by atoms with E-state index in [1.54, 1.807) is 14.2 Å². The smallest absolute Gasteiger partial charge is 0.175 e. The van der Waals surface area contributed by atoms with Crippen LogP contribution in [0.4, 0.5) is 0 Å². The van der Waals surface area contributed by atoms with Crippen molar-refractivity contribution in [3.63, 3.8) is 0 Å². The van der Waals surface area contributed by atoms with E-state index in [9.17, 15) is 4.79 Å². The summed E-state index contributed by atoms with van der Waals surface area (Å²) in [6.45, 7) is 7.25. The lowest BCUT2D eigenvalue weighted by atomic mass is 9.53. The first-order chi connectivity index (χ1) is 12.9. The van der Waals surface area contributed by atoms with Gasteiger partial charge in [0.2, 0.25) is 0 Å². The van der Waals surface area contributed by atoms with Gasteiger partial charge >= 0.3 is 0 Å². The Morgan fingerprint density at radius 3 is 2.59 bits per heavy atom. The largest absolute Gasteiger partial charge is 0.493 e. The van der Waals surface area contributed by atoms with Crippen LogP contribution >= 0.6 is 0 Å². The molecule has 146 valence electrons. The van der Waals surface area contributed by atoms with Gasteiger partial charge in [0.05, 0.1) is 14.2 Å². The molecule has 0 spiro atoms. The van der Waals surface area contributed by atoms with E-state index in [0.29, 0.717) is 34.0 Å². The summed E-state index contributed by atoms with van der Waals surface area (Å²) < 4.78 is 17.4. The number of fused-ring (bicyclic) bond motifs is 5. The van der Waals surface area contributed by atoms with Gasteiger partial charge in [-0.15, -0.1) is 0 Å². The Bertz CT molecular complexity index is 892. The number of ether oxygens (including phenoxy) is 2. The van der Waals surface area contributed by atoms with Crippen LogP contribution in [0.5, 0.6) is 11.5 Å². The van der Waals surface area contributed by atoms with Crippen molar-refractivity contribution in [3.8, 4) is 11.5 Å². The van der Waals surface area contributed by atoms with E-state index in [-0.39, 0.29) is 5.41 Å². The summed E-state index contributed by atoms with van der Waals surface area (Å²) in [6, 6.07) is 2.01. The van der Waals surface area contributed by atoms with Crippen molar-refractivity contribution < 1.29 is 18.7 Å². The predicted molar refractivity (Wildman–Crippen MR) is 106 cm³/mol. The average Bonchev–Trinajstić information content (AvgIpc) is 2.92. The van der Waals surface area contributed by atoms with Crippen molar-refractivity contribution in [2.45, 2.75) is 64.7 Å². The summed E-state index contributed by atoms with van der Waals surface area (Å²) in [6.07, 6.45) is 7.76. The van der Waals surface area contributed by atoms with E-state index in [1.807, 2.05) is 6.07 Å². The molecule has 2 aromatic rings. The Hall–Kier alpha value is -1.97. The van der Waals surface area contributed by atoms with Gasteiger partial charge < -0.3 is 13.9 Å². The third kappa shape index (κ3) is 2.52. The number of carbonyl (C=O) groups is 1. The zero-order chi connectivity index (χ0) is 19.4. The highest BCUT2D eigenvalue weighted by Gasteiger charge is 2.50. The first-order valence-corrected chi connectivity index (χ1v) is 10.0. The van der Waals surface area contributed by atoms with Crippen LogP contribution in [0.3, 0.4) is 0 Å². The van der Waals surface area contributed by atoms with Gasteiger partial charge in [0.15, 0.2) is 17.8 Å². The number of aryl methyl sites for hydroxylation is 1.